The molecule has 5 aromatic rings. The van der Waals surface area contributed by atoms with Crippen molar-refractivity contribution in [3.63, 3.8) is 0 Å². The molecule has 3 unspecified atom stereocenters. The zero-order valence-electron chi connectivity index (χ0n) is 23.2. The molecule has 7 heteroatoms. The van der Waals surface area contributed by atoms with Crippen LogP contribution in [-0.2, 0) is 6.54 Å². The van der Waals surface area contributed by atoms with E-state index in [1.54, 1.807) is 18.2 Å². The lowest BCUT2D eigenvalue weighted by atomic mass is 10.0. The number of piperidine rings is 1. The van der Waals surface area contributed by atoms with E-state index >= 15 is 0 Å². The Hall–Kier alpha value is -4.13. The van der Waals surface area contributed by atoms with Crippen molar-refractivity contribution >= 4 is 27.9 Å². The molecule has 2 saturated carbocycles. The predicted molar refractivity (Wildman–Crippen MR) is 156 cm³/mol. The molecule has 2 bridgehead atoms. The zero-order valence-corrected chi connectivity index (χ0v) is 23.2. The van der Waals surface area contributed by atoms with Crippen molar-refractivity contribution in [2.75, 3.05) is 6.54 Å². The van der Waals surface area contributed by atoms with Crippen molar-refractivity contribution in [2.45, 2.75) is 52.1 Å². The Morgan fingerprint density at radius 2 is 1.95 bits per heavy atom. The standard InChI is InChI=1S/C34H32FN3O3/c1-18-23-10-13-27(18)38(17-23)34(40)22-8-11-24-19(2)32(41-30(24)15-22)28-14-21-9-12-26(25-4-3-5-29(39)31(25)35)36-33(21)37(28)16-20-6-7-20/h3-5,8-9,11-12,14-15,18,20,23,27,39H,6-7,10,13,16-17H2,1-2H3. The first kappa shape index (κ1) is 24.6. The molecule has 2 aliphatic carbocycles. The van der Waals surface area contributed by atoms with Crippen molar-refractivity contribution in [1.82, 2.24) is 14.5 Å². The fourth-order valence-electron chi connectivity index (χ4n) is 7.24. The Kier molecular flexibility index (Phi) is 5.37. The molecule has 3 fully saturated rings. The Labute approximate surface area is 237 Å². The highest BCUT2D eigenvalue weighted by Crippen LogP contribution is 2.44. The van der Waals surface area contributed by atoms with Crippen LogP contribution < -0.4 is 0 Å². The number of hydrogen-bond acceptors (Lipinski definition) is 4. The number of carbonyl (C=O) groups is 1. The van der Waals surface area contributed by atoms with E-state index in [2.05, 4.69) is 29.4 Å². The van der Waals surface area contributed by atoms with Gasteiger partial charge in [-0.3, -0.25) is 4.79 Å². The van der Waals surface area contributed by atoms with E-state index in [-0.39, 0.29) is 17.2 Å². The van der Waals surface area contributed by atoms with Gasteiger partial charge < -0.3 is 19.0 Å². The van der Waals surface area contributed by atoms with Gasteiger partial charge in [0.1, 0.15) is 11.2 Å². The number of nitrogens with zero attached hydrogens (tertiary/aromatic N) is 3. The van der Waals surface area contributed by atoms with Crippen molar-refractivity contribution in [2.24, 2.45) is 17.8 Å². The molecular formula is C34H32FN3O3. The maximum atomic E-state index is 14.8. The lowest BCUT2D eigenvalue weighted by molar-refractivity contribution is 0.0696. The van der Waals surface area contributed by atoms with Gasteiger partial charge in [0.25, 0.3) is 5.91 Å². The predicted octanol–water partition coefficient (Wildman–Crippen LogP) is 7.55. The van der Waals surface area contributed by atoms with E-state index in [0.717, 1.165) is 52.9 Å². The van der Waals surface area contributed by atoms with Crippen LogP contribution in [0.4, 0.5) is 4.39 Å². The molecule has 1 amide bonds. The van der Waals surface area contributed by atoms with Crippen LogP contribution in [-0.4, -0.2) is 38.1 Å². The van der Waals surface area contributed by atoms with Gasteiger partial charge in [0.15, 0.2) is 17.3 Å². The molecule has 41 heavy (non-hydrogen) atoms. The second-order valence-corrected chi connectivity index (χ2v) is 12.3. The molecule has 1 N–H and O–H groups in total. The third-order valence-corrected chi connectivity index (χ3v) is 9.83. The third-order valence-electron chi connectivity index (χ3n) is 9.83. The van der Waals surface area contributed by atoms with Crippen LogP contribution in [0.15, 0.2) is 59.0 Å². The van der Waals surface area contributed by atoms with Crippen LogP contribution in [0.3, 0.4) is 0 Å². The summed E-state index contributed by atoms with van der Waals surface area (Å²) in [5, 5.41) is 11.9. The number of fused-ring (bicyclic) bond motifs is 4. The van der Waals surface area contributed by atoms with Gasteiger partial charge in [-0.05, 0) is 92.8 Å². The second kappa shape index (κ2) is 8.93. The number of phenolic OH excluding ortho intramolecular Hbond substituents is 1. The minimum atomic E-state index is -0.672. The van der Waals surface area contributed by atoms with E-state index in [9.17, 15) is 14.3 Å². The number of furan rings is 1. The van der Waals surface area contributed by atoms with Gasteiger partial charge in [0.2, 0.25) is 0 Å². The largest absolute Gasteiger partial charge is 0.505 e. The summed E-state index contributed by atoms with van der Waals surface area (Å²) in [7, 11) is 0. The van der Waals surface area contributed by atoms with Gasteiger partial charge in [-0.15, -0.1) is 0 Å². The number of halogens is 1. The van der Waals surface area contributed by atoms with E-state index in [1.807, 2.05) is 24.3 Å². The van der Waals surface area contributed by atoms with Crippen LogP contribution in [0.5, 0.6) is 5.75 Å². The number of aromatic hydroxyl groups is 1. The van der Waals surface area contributed by atoms with Gasteiger partial charge in [-0.25, -0.2) is 9.37 Å². The Bertz CT molecular complexity index is 1870. The minimum absolute atomic E-state index is 0.0975. The molecule has 2 aromatic carbocycles. The van der Waals surface area contributed by atoms with Crippen molar-refractivity contribution < 1.29 is 18.7 Å². The quantitative estimate of drug-likeness (QED) is 0.246. The summed E-state index contributed by atoms with van der Waals surface area (Å²) < 4.78 is 23.5. The number of pyridine rings is 1. The Morgan fingerprint density at radius 1 is 1.10 bits per heavy atom. The minimum Gasteiger partial charge on any atom is -0.505 e. The summed E-state index contributed by atoms with van der Waals surface area (Å²) >= 11 is 0. The Morgan fingerprint density at radius 3 is 2.71 bits per heavy atom. The van der Waals surface area contributed by atoms with Crippen molar-refractivity contribution in [3.05, 3.63) is 71.5 Å². The SMILES string of the molecule is Cc1c(-c2cc3ccc(-c4cccc(O)c4F)nc3n2CC2CC2)oc2cc(C(=O)N3CC4CCC3C4C)ccc12. The topological polar surface area (TPSA) is 71.5 Å². The monoisotopic (exact) mass is 549 g/mol. The van der Waals surface area contributed by atoms with Gasteiger partial charge in [-0.1, -0.05) is 19.1 Å². The van der Waals surface area contributed by atoms with Gasteiger partial charge in [-0.2, -0.15) is 0 Å². The van der Waals surface area contributed by atoms with Crippen LogP contribution in [0.2, 0.25) is 0 Å². The van der Waals surface area contributed by atoms with Crippen LogP contribution in [0, 0.1) is 30.5 Å². The number of benzene rings is 2. The summed E-state index contributed by atoms with van der Waals surface area (Å²) in [6, 6.07) is 16.6. The summed E-state index contributed by atoms with van der Waals surface area (Å²) in [6.45, 7) is 5.99. The molecule has 3 atom stereocenters. The number of rotatable bonds is 5. The number of aromatic nitrogens is 2. The smallest absolute Gasteiger partial charge is 0.254 e. The summed E-state index contributed by atoms with van der Waals surface area (Å²) in [5.74, 6) is 1.57. The molecule has 1 aliphatic heterocycles. The normalized spacial score (nSPS) is 21.9. The van der Waals surface area contributed by atoms with Crippen LogP contribution in [0.1, 0.15) is 48.5 Å². The number of carbonyl (C=O) groups excluding carboxylic acids is 1. The van der Waals surface area contributed by atoms with Crippen molar-refractivity contribution in [1.29, 1.82) is 0 Å². The van der Waals surface area contributed by atoms with E-state index in [1.165, 1.54) is 25.3 Å². The number of likely N-dealkylation sites (tertiary alicyclic amines) is 1. The summed E-state index contributed by atoms with van der Waals surface area (Å²) in [4.78, 5) is 20.5. The molecule has 0 spiro atoms. The summed E-state index contributed by atoms with van der Waals surface area (Å²) in [6.07, 6.45) is 4.66. The molecule has 1 saturated heterocycles. The third kappa shape index (κ3) is 3.81. The maximum absolute atomic E-state index is 14.8. The number of phenols is 1. The maximum Gasteiger partial charge on any atom is 0.254 e. The van der Waals surface area contributed by atoms with Crippen LogP contribution in [0.25, 0.3) is 44.7 Å². The van der Waals surface area contributed by atoms with Gasteiger partial charge in [0, 0.05) is 46.6 Å². The number of hydrogen-bond donors (Lipinski definition) is 1. The molecule has 3 aromatic heterocycles. The summed E-state index contributed by atoms with van der Waals surface area (Å²) in [5.41, 5.74) is 4.84. The number of amides is 1. The fraction of sp³-hybridized carbons (Fsp3) is 0.353. The first-order valence-electron chi connectivity index (χ1n) is 14.7. The fourth-order valence-corrected chi connectivity index (χ4v) is 7.24. The average molecular weight is 550 g/mol. The zero-order chi connectivity index (χ0) is 28.0. The van der Waals surface area contributed by atoms with Crippen molar-refractivity contribution in [3.8, 4) is 28.5 Å². The van der Waals surface area contributed by atoms with Crippen LogP contribution >= 0.6 is 0 Å². The molecule has 208 valence electrons. The molecule has 0 radical (unpaired) electrons. The molecule has 3 aliphatic rings. The first-order chi connectivity index (χ1) is 19.9. The van der Waals surface area contributed by atoms with E-state index < -0.39 is 5.82 Å². The number of aryl methyl sites for hydroxylation is 1. The highest BCUT2D eigenvalue weighted by molar-refractivity contribution is 6.00. The molecule has 4 heterocycles. The van der Waals surface area contributed by atoms with Gasteiger partial charge in [0.05, 0.1) is 11.4 Å². The highest BCUT2D eigenvalue weighted by atomic mass is 19.1. The van der Waals surface area contributed by atoms with Gasteiger partial charge >= 0.3 is 0 Å². The van der Waals surface area contributed by atoms with E-state index in [0.29, 0.717) is 40.6 Å². The second-order valence-electron chi connectivity index (χ2n) is 12.3. The van der Waals surface area contributed by atoms with E-state index in [4.69, 9.17) is 9.40 Å². The average Bonchev–Trinajstić information content (AvgIpc) is 3.39. The first-order valence-corrected chi connectivity index (χ1v) is 14.7. The lowest BCUT2D eigenvalue weighted by Crippen LogP contribution is -2.38. The highest BCUT2D eigenvalue weighted by Gasteiger charge is 2.46. The molecular weight excluding hydrogens is 517 g/mol. The Balaban J connectivity index is 1.21. The molecule has 6 nitrogen and oxygen atoms in total. The lowest BCUT2D eigenvalue weighted by Gasteiger charge is -2.27. The molecule has 8 rings (SSSR count).